The minimum atomic E-state index is 0. The molecule has 1 aromatic carbocycles. The quantitative estimate of drug-likeness (QED) is 0.925. The summed E-state index contributed by atoms with van der Waals surface area (Å²) in [7, 11) is 1.85. The van der Waals surface area contributed by atoms with E-state index in [2.05, 4.69) is 4.90 Å². The molecule has 1 amide bonds. The van der Waals surface area contributed by atoms with E-state index in [1.54, 1.807) is 4.90 Å². The molecule has 0 radical (unpaired) electrons. The average molecular weight is 310 g/mol. The van der Waals surface area contributed by atoms with Gasteiger partial charge < -0.3 is 10.6 Å². The number of fused-ring (bicyclic) bond motifs is 1. The summed E-state index contributed by atoms with van der Waals surface area (Å²) in [4.78, 5) is 16.4. The zero-order chi connectivity index (χ0) is 14.1. The number of hydrogen-bond acceptors (Lipinski definition) is 3. The molecule has 3 atom stereocenters. The first-order valence-corrected chi connectivity index (χ1v) is 7.44. The van der Waals surface area contributed by atoms with E-state index in [0.29, 0.717) is 24.4 Å². The maximum absolute atomic E-state index is 12.4. The number of amides is 1. The van der Waals surface area contributed by atoms with E-state index >= 15 is 0 Å². The van der Waals surface area contributed by atoms with Gasteiger partial charge in [-0.25, -0.2) is 0 Å². The first-order valence-electron chi connectivity index (χ1n) is 7.44. The number of carbonyl (C=O) groups is 1. The lowest BCUT2D eigenvalue weighted by Crippen LogP contribution is -2.38. The highest BCUT2D eigenvalue weighted by molar-refractivity contribution is 5.94. The molecule has 2 aliphatic rings. The fourth-order valence-electron chi connectivity index (χ4n) is 3.62. The Labute approximate surface area is 132 Å². The van der Waals surface area contributed by atoms with E-state index in [9.17, 15) is 4.79 Å². The second-order valence-corrected chi connectivity index (χ2v) is 6.15. The van der Waals surface area contributed by atoms with Crippen LogP contribution in [0.25, 0.3) is 0 Å². The summed E-state index contributed by atoms with van der Waals surface area (Å²) < 4.78 is 0. The van der Waals surface area contributed by atoms with Gasteiger partial charge in [-0.2, -0.15) is 0 Å². The van der Waals surface area contributed by atoms with Crippen LogP contribution in [0.15, 0.2) is 30.3 Å². The summed E-state index contributed by atoms with van der Waals surface area (Å²) in [5, 5.41) is 0. The molecule has 1 saturated heterocycles. The van der Waals surface area contributed by atoms with Gasteiger partial charge in [0.1, 0.15) is 0 Å². The number of nitrogens with two attached hydrogens (primary N) is 1. The van der Waals surface area contributed by atoms with Crippen molar-refractivity contribution in [3.8, 4) is 0 Å². The molecule has 2 N–H and O–H groups in total. The van der Waals surface area contributed by atoms with Gasteiger partial charge in [-0.05, 0) is 36.8 Å². The van der Waals surface area contributed by atoms with Gasteiger partial charge in [-0.1, -0.05) is 18.2 Å². The van der Waals surface area contributed by atoms with Crippen LogP contribution in [0, 0.1) is 11.8 Å². The van der Waals surface area contributed by atoms with Gasteiger partial charge in [-0.15, -0.1) is 12.4 Å². The number of rotatable bonds is 3. The number of hydrogen-bond donors (Lipinski definition) is 1. The first kappa shape index (κ1) is 16.3. The van der Waals surface area contributed by atoms with Crippen LogP contribution in [-0.4, -0.2) is 43.5 Å². The molecule has 1 heterocycles. The summed E-state index contributed by atoms with van der Waals surface area (Å²) in [5.41, 5.74) is 7.09. The highest BCUT2D eigenvalue weighted by Gasteiger charge is 2.41. The van der Waals surface area contributed by atoms with Crippen LogP contribution in [0.4, 0.5) is 5.69 Å². The van der Waals surface area contributed by atoms with E-state index in [4.69, 9.17) is 5.73 Å². The van der Waals surface area contributed by atoms with E-state index < -0.39 is 0 Å². The van der Waals surface area contributed by atoms with E-state index in [1.807, 2.05) is 37.4 Å². The van der Waals surface area contributed by atoms with E-state index in [0.717, 1.165) is 25.2 Å². The van der Waals surface area contributed by atoms with Crippen molar-refractivity contribution in [2.45, 2.75) is 18.9 Å². The van der Waals surface area contributed by atoms with Gasteiger partial charge >= 0.3 is 0 Å². The van der Waals surface area contributed by atoms with Crippen molar-refractivity contribution >= 4 is 24.0 Å². The fraction of sp³-hybridized carbons (Fsp3) is 0.562. The number of benzene rings is 1. The second-order valence-electron chi connectivity index (χ2n) is 6.15. The Morgan fingerprint density at radius 3 is 2.67 bits per heavy atom. The van der Waals surface area contributed by atoms with E-state index in [-0.39, 0.29) is 18.3 Å². The summed E-state index contributed by atoms with van der Waals surface area (Å²) in [6.45, 7) is 2.53. The Hall–Kier alpha value is -1.10. The zero-order valence-electron chi connectivity index (χ0n) is 12.4. The number of carbonyl (C=O) groups excluding carboxylic acids is 1. The standard InChI is InChI=1S/C16H23N3O.ClH/c1-18(13-5-3-2-4-6-13)16(20)11-19-9-12-7-8-15(17)14(12)10-19;/h2-6,12,14-15H,7-11,17H2,1H3;1H. The molecule has 1 saturated carbocycles. The van der Waals surface area contributed by atoms with Crippen molar-refractivity contribution < 1.29 is 4.79 Å². The second kappa shape index (κ2) is 6.77. The van der Waals surface area contributed by atoms with Gasteiger partial charge in [0, 0.05) is 31.9 Å². The average Bonchev–Trinajstić information content (AvgIpc) is 3.01. The SMILES string of the molecule is CN(C(=O)CN1CC2CCC(N)C2C1)c1ccccc1.Cl. The fourth-order valence-corrected chi connectivity index (χ4v) is 3.62. The minimum Gasteiger partial charge on any atom is -0.327 e. The monoisotopic (exact) mass is 309 g/mol. The predicted octanol–water partition coefficient (Wildman–Crippen LogP) is 1.74. The molecule has 1 aliphatic carbocycles. The third-order valence-corrected chi connectivity index (χ3v) is 4.86. The van der Waals surface area contributed by atoms with Crippen molar-refractivity contribution in [1.82, 2.24) is 4.90 Å². The molecule has 1 aliphatic heterocycles. The summed E-state index contributed by atoms with van der Waals surface area (Å²) in [5.74, 6) is 1.47. The first-order chi connectivity index (χ1) is 9.65. The van der Waals surface area contributed by atoms with Crippen LogP contribution in [-0.2, 0) is 4.79 Å². The molecule has 3 rings (SSSR count). The normalized spacial score (nSPS) is 28.0. The van der Waals surface area contributed by atoms with Crippen molar-refractivity contribution in [3.63, 3.8) is 0 Å². The lowest BCUT2D eigenvalue weighted by atomic mass is 9.98. The minimum absolute atomic E-state index is 0. The molecule has 0 aromatic heterocycles. The number of likely N-dealkylation sites (tertiary alicyclic amines) is 1. The molecular formula is C16H24ClN3O. The largest absolute Gasteiger partial charge is 0.327 e. The number of likely N-dealkylation sites (N-methyl/N-ethyl adjacent to an activating group) is 1. The Balaban J connectivity index is 0.00000161. The van der Waals surface area contributed by atoms with Crippen LogP contribution in [0.5, 0.6) is 0 Å². The number of halogens is 1. The summed E-state index contributed by atoms with van der Waals surface area (Å²) in [6.07, 6.45) is 2.38. The Bertz CT molecular complexity index is 482. The molecule has 21 heavy (non-hydrogen) atoms. The Kier molecular flexibility index (Phi) is 5.25. The Morgan fingerprint density at radius 2 is 2.00 bits per heavy atom. The molecule has 3 unspecified atom stereocenters. The third kappa shape index (κ3) is 3.39. The van der Waals surface area contributed by atoms with Crippen molar-refractivity contribution in [2.75, 3.05) is 31.6 Å². The highest BCUT2D eigenvalue weighted by Crippen LogP contribution is 2.36. The predicted molar refractivity (Wildman–Crippen MR) is 87.7 cm³/mol. The molecule has 116 valence electrons. The van der Waals surface area contributed by atoms with Gasteiger partial charge in [0.05, 0.1) is 6.54 Å². The van der Waals surface area contributed by atoms with Crippen LogP contribution < -0.4 is 10.6 Å². The zero-order valence-corrected chi connectivity index (χ0v) is 13.3. The molecule has 0 spiro atoms. The molecule has 5 heteroatoms. The topological polar surface area (TPSA) is 49.6 Å². The van der Waals surface area contributed by atoms with Gasteiger partial charge in [-0.3, -0.25) is 9.69 Å². The number of nitrogens with zero attached hydrogens (tertiary/aromatic N) is 2. The van der Waals surface area contributed by atoms with E-state index in [1.165, 1.54) is 6.42 Å². The lowest BCUT2D eigenvalue weighted by molar-refractivity contribution is -0.119. The van der Waals surface area contributed by atoms with Crippen LogP contribution in [0.3, 0.4) is 0 Å². The van der Waals surface area contributed by atoms with Gasteiger partial charge in [0.2, 0.25) is 5.91 Å². The van der Waals surface area contributed by atoms with Gasteiger partial charge in [0.25, 0.3) is 0 Å². The van der Waals surface area contributed by atoms with Crippen molar-refractivity contribution in [3.05, 3.63) is 30.3 Å². The molecule has 1 aromatic rings. The van der Waals surface area contributed by atoms with Crippen molar-refractivity contribution in [1.29, 1.82) is 0 Å². The maximum atomic E-state index is 12.4. The Morgan fingerprint density at radius 1 is 1.29 bits per heavy atom. The molecular weight excluding hydrogens is 286 g/mol. The van der Waals surface area contributed by atoms with Crippen LogP contribution in [0.2, 0.25) is 0 Å². The molecule has 4 nitrogen and oxygen atoms in total. The maximum Gasteiger partial charge on any atom is 0.240 e. The van der Waals surface area contributed by atoms with Crippen molar-refractivity contribution in [2.24, 2.45) is 17.6 Å². The number of para-hydroxylation sites is 1. The van der Waals surface area contributed by atoms with Crippen LogP contribution >= 0.6 is 12.4 Å². The molecule has 2 fully saturated rings. The third-order valence-electron chi connectivity index (χ3n) is 4.86. The highest BCUT2D eigenvalue weighted by atomic mass is 35.5. The smallest absolute Gasteiger partial charge is 0.240 e. The summed E-state index contributed by atoms with van der Waals surface area (Å²) >= 11 is 0. The summed E-state index contributed by atoms with van der Waals surface area (Å²) in [6, 6.07) is 10.1. The van der Waals surface area contributed by atoms with Crippen LogP contribution in [0.1, 0.15) is 12.8 Å². The molecule has 0 bridgehead atoms. The number of anilines is 1. The lowest BCUT2D eigenvalue weighted by Gasteiger charge is -2.22. The van der Waals surface area contributed by atoms with Gasteiger partial charge in [0.15, 0.2) is 0 Å².